The lowest BCUT2D eigenvalue weighted by Crippen LogP contribution is -2.17. The molecule has 1 heterocycles. The van der Waals surface area contributed by atoms with Crippen LogP contribution in [0.15, 0.2) is 33.0 Å². The highest BCUT2D eigenvalue weighted by Crippen LogP contribution is 2.26. The first-order valence-electron chi connectivity index (χ1n) is 6.28. The molecule has 0 saturated heterocycles. The number of aromatic nitrogens is 3. The van der Waals surface area contributed by atoms with Gasteiger partial charge in [-0.1, -0.05) is 13.0 Å². The van der Waals surface area contributed by atoms with Crippen LogP contribution in [0.3, 0.4) is 0 Å². The van der Waals surface area contributed by atoms with Gasteiger partial charge < -0.3 is 5.73 Å². The number of aromatic amines is 1. The average Bonchev–Trinajstić information content (AvgIpc) is 2.72. The minimum atomic E-state index is -0.153. The Labute approximate surface area is 116 Å². The van der Waals surface area contributed by atoms with E-state index in [0.717, 1.165) is 22.4 Å². The molecule has 2 aromatic rings. The summed E-state index contributed by atoms with van der Waals surface area (Å²) in [6.07, 6.45) is 0.901. The van der Waals surface area contributed by atoms with Crippen molar-refractivity contribution in [3.63, 3.8) is 0 Å². The summed E-state index contributed by atoms with van der Waals surface area (Å²) < 4.78 is 1.66. The molecular formula is C13H18N4OS. The first kappa shape index (κ1) is 13.9. The van der Waals surface area contributed by atoms with Crippen LogP contribution in [0.2, 0.25) is 0 Å². The highest BCUT2D eigenvalue weighted by Gasteiger charge is 2.09. The van der Waals surface area contributed by atoms with Crippen molar-refractivity contribution in [2.45, 2.75) is 43.4 Å². The lowest BCUT2D eigenvalue weighted by atomic mass is 10.1. The summed E-state index contributed by atoms with van der Waals surface area (Å²) in [4.78, 5) is 12.7. The SMILES string of the molecule is CCCn1c(Sc2ccc(CN)c(C)c2)n[nH]c1=O. The van der Waals surface area contributed by atoms with Gasteiger partial charge in [0.15, 0.2) is 5.16 Å². The first-order valence-corrected chi connectivity index (χ1v) is 7.10. The van der Waals surface area contributed by atoms with Crippen LogP contribution in [-0.4, -0.2) is 14.8 Å². The number of hydrogen-bond donors (Lipinski definition) is 2. The molecule has 0 amide bonds. The van der Waals surface area contributed by atoms with Gasteiger partial charge in [-0.15, -0.1) is 5.10 Å². The number of nitrogens with one attached hydrogen (secondary N) is 1. The van der Waals surface area contributed by atoms with Gasteiger partial charge in [-0.25, -0.2) is 9.89 Å². The van der Waals surface area contributed by atoms with Gasteiger partial charge in [0.25, 0.3) is 0 Å². The molecule has 0 spiro atoms. The molecular weight excluding hydrogens is 260 g/mol. The zero-order valence-corrected chi connectivity index (χ0v) is 12.0. The fraction of sp³-hybridized carbons (Fsp3) is 0.385. The minimum absolute atomic E-state index is 0.153. The molecule has 0 bridgehead atoms. The molecule has 0 unspecified atom stereocenters. The van der Waals surface area contributed by atoms with Crippen LogP contribution in [-0.2, 0) is 13.1 Å². The fourth-order valence-corrected chi connectivity index (χ4v) is 2.83. The van der Waals surface area contributed by atoms with Crippen molar-refractivity contribution in [2.24, 2.45) is 5.73 Å². The molecule has 6 heteroatoms. The number of rotatable bonds is 5. The normalized spacial score (nSPS) is 10.9. The van der Waals surface area contributed by atoms with E-state index in [-0.39, 0.29) is 5.69 Å². The zero-order chi connectivity index (χ0) is 13.8. The van der Waals surface area contributed by atoms with Crippen LogP contribution in [0.5, 0.6) is 0 Å². The minimum Gasteiger partial charge on any atom is -0.326 e. The molecule has 1 aromatic carbocycles. The summed E-state index contributed by atoms with van der Waals surface area (Å²) in [6.45, 7) is 5.29. The second-order valence-corrected chi connectivity index (χ2v) is 5.40. The molecule has 3 N–H and O–H groups in total. The van der Waals surface area contributed by atoms with Gasteiger partial charge in [0.1, 0.15) is 0 Å². The lowest BCUT2D eigenvalue weighted by molar-refractivity contribution is 0.604. The van der Waals surface area contributed by atoms with Crippen molar-refractivity contribution >= 4 is 11.8 Å². The molecule has 0 radical (unpaired) electrons. The summed E-state index contributed by atoms with van der Waals surface area (Å²) >= 11 is 1.49. The van der Waals surface area contributed by atoms with E-state index in [9.17, 15) is 4.79 Å². The Kier molecular flexibility index (Phi) is 4.44. The summed E-state index contributed by atoms with van der Waals surface area (Å²) in [5, 5.41) is 7.26. The standard InChI is InChI=1S/C13H18N4OS/c1-3-6-17-12(18)15-16-13(17)19-11-5-4-10(8-14)9(2)7-11/h4-5,7H,3,6,8,14H2,1-2H3,(H,15,18). The summed E-state index contributed by atoms with van der Waals surface area (Å²) in [6, 6.07) is 6.10. The molecule has 5 nitrogen and oxygen atoms in total. The molecule has 0 saturated carbocycles. The van der Waals surface area contributed by atoms with E-state index in [4.69, 9.17) is 5.73 Å². The number of nitrogens with zero attached hydrogens (tertiary/aromatic N) is 2. The Hall–Kier alpha value is -1.53. The van der Waals surface area contributed by atoms with Gasteiger partial charge in [-0.2, -0.15) is 0 Å². The van der Waals surface area contributed by atoms with E-state index >= 15 is 0 Å². The molecule has 0 aliphatic rings. The van der Waals surface area contributed by atoms with Crippen molar-refractivity contribution in [3.8, 4) is 0 Å². The summed E-state index contributed by atoms with van der Waals surface area (Å²) in [7, 11) is 0. The maximum absolute atomic E-state index is 11.6. The van der Waals surface area contributed by atoms with Crippen LogP contribution in [0, 0.1) is 6.92 Å². The van der Waals surface area contributed by atoms with Gasteiger partial charge in [-0.05, 0) is 48.4 Å². The maximum atomic E-state index is 11.6. The van der Waals surface area contributed by atoms with Gasteiger partial charge in [0.05, 0.1) is 0 Å². The molecule has 102 valence electrons. The van der Waals surface area contributed by atoms with E-state index in [2.05, 4.69) is 16.3 Å². The second-order valence-electron chi connectivity index (χ2n) is 4.36. The summed E-state index contributed by atoms with van der Waals surface area (Å²) in [5.74, 6) is 0. The van der Waals surface area contributed by atoms with Crippen molar-refractivity contribution in [2.75, 3.05) is 0 Å². The topological polar surface area (TPSA) is 76.7 Å². The second kappa shape index (κ2) is 6.08. The molecule has 2 rings (SSSR count). The third-order valence-electron chi connectivity index (χ3n) is 2.91. The van der Waals surface area contributed by atoms with E-state index in [1.54, 1.807) is 4.57 Å². The van der Waals surface area contributed by atoms with E-state index in [1.807, 2.05) is 26.0 Å². The summed E-state index contributed by atoms with van der Waals surface area (Å²) in [5.41, 5.74) is 7.79. The molecule has 0 aliphatic carbocycles. The van der Waals surface area contributed by atoms with Crippen molar-refractivity contribution in [1.82, 2.24) is 14.8 Å². The monoisotopic (exact) mass is 278 g/mol. The van der Waals surface area contributed by atoms with Crippen LogP contribution < -0.4 is 11.4 Å². The number of hydrogen-bond acceptors (Lipinski definition) is 4. The first-order chi connectivity index (χ1) is 9.15. The predicted octanol–water partition coefficient (Wildman–Crippen LogP) is 1.90. The van der Waals surface area contributed by atoms with Gasteiger partial charge >= 0.3 is 5.69 Å². The van der Waals surface area contributed by atoms with Crippen molar-refractivity contribution < 1.29 is 0 Å². The number of nitrogens with two attached hydrogens (primary N) is 1. The van der Waals surface area contributed by atoms with Gasteiger partial charge in [0, 0.05) is 18.0 Å². The fourth-order valence-electron chi connectivity index (χ4n) is 1.87. The lowest BCUT2D eigenvalue weighted by Gasteiger charge is -2.07. The largest absolute Gasteiger partial charge is 0.343 e. The van der Waals surface area contributed by atoms with Crippen LogP contribution >= 0.6 is 11.8 Å². The number of benzene rings is 1. The molecule has 0 aliphatic heterocycles. The Bertz CT molecular complexity index is 617. The Balaban J connectivity index is 2.26. The molecule has 19 heavy (non-hydrogen) atoms. The average molecular weight is 278 g/mol. The quantitative estimate of drug-likeness (QED) is 0.875. The van der Waals surface area contributed by atoms with E-state index in [0.29, 0.717) is 18.2 Å². The van der Waals surface area contributed by atoms with Gasteiger partial charge in [0.2, 0.25) is 0 Å². The molecule has 1 aromatic heterocycles. The maximum Gasteiger partial charge on any atom is 0.343 e. The molecule has 0 fully saturated rings. The third-order valence-corrected chi connectivity index (χ3v) is 3.90. The number of aryl methyl sites for hydroxylation is 1. The zero-order valence-electron chi connectivity index (χ0n) is 11.1. The van der Waals surface area contributed by atoms with Crippen molar-refractivity contribution in [1.29, 1.82) is 0 Å². The Morgan fingerprint density at radius 3 is 2.89 bits per heavy atom. The van der Waals surface area contributed by atoms with Crippen LogP contribution in [0.1, 0.15) is 24.5 Å². The van der Waals surface area contributed by atoms with Crippen LogP contribution in [0.25, 0.3) is 0 Å². The number of H-pyrrole nitrogens is 1. The highest BCUT2D eigenvalue weighted by atomic mass is 32.2. The third kappa shape index (κ3) is 3.08. The van der Waals surface area contributed by atoms with Crippen molar-refractivity contribution in [3.05, 3.63) is 39.8 Å². The van der Waals surface area contributed by atoms with Gasteiger partial charge in [-0.3, -0.25) is 4.57 Å². The van der Waals surface area contributed by atoms with E-state index < -0.39 is 0 Å². The predicted molar refractivity (Wildman–Crippen MR) is 76.3 cm³/mol. The Morgan fingerprint density at radius 2 is 2.26 bits per heavy atom. The molecule has 0 atom stereocenters. The van der Waals surface area contributed by atoms with Crippen LogP contribution in [0.4, 0.5) is 0 Å². The Morgan fingerprint density at radius 1 is 1.47 bits per heavy atom. The smallest absolute Gasteiger partial charge is 0.326 e. The highest BCUT2D eigenvalue weighted by molar-refractivity contribution is 7.99. The van der Waals surface area contributed by atoms with E-state index in [1.165, 1.54) is 11.8 Å².